The van der Waals surface area contributed by atoms with Crippen molar-refractivity contribution in [3.05, 3.63) is 0 Å². The molecule has 0 radical (unpaired) electrons. The SMILES string of the molecule is CSCC(C)NC(C1CC1)C1CC1. The molecule has 13 heavy (non-hydrogen) atoms. The molecule has 0 aromatic rings. The Bertz CT molecular complexity index is 151. The summed E-state index contributed by atoms with van der Waals surface area (Å²) in [7, 11) is 0. The summed E-state index contributed by atoms with van der Waals surface area (Å²) in [6, 6.07) is 1.59. The van der Waals surface area contributed by atoms with Crippen molar-refractivity contribution in [2.75, 3.05) is 12.0 Å². The van der Waals surface area contributed by atoms with E-state index in [0.29, 0.717) is 6.04 Å². The molecule has 2 aliphatic carbocycles. The zero-order chi connectivity index (χ0) is 9.26. The summed E-state index contributed by atoms with van der Waals surface area (Å²) < 4.78 is 0. The van der Waals surface area contributed by atoms with Crippen LogP contribution in [0.15, 0.2) is 0 Å². The fourth-order valence-corrected chi connectivity index (χ4v) is 2.79. The average molecular weight is 199 g/mol. The van der Waals surface area contributed by atoms with Gasteiger partial charge in [0.1, 0.15) is 0 Å². The maximum atomic E-state index is 3.82. The van der Waals surface area contributed by atoms with E-state index >= 15 is 0 Å². The normalized spacial score (nSPS) is 25.2. The van der Waals surface area contributed by atoms with E-state index in [2.05, 4.69) is 18.5 Å². The second-order valence-electron chi connectivity index (χ2n) is 4.72. The van der Waals surface area contributed by atoms with E-state index in [1.165, 1.54) is 31.4 Å². The molecule has 2 rings (SSSR count). The zero-order valence-corrected chi connectivity index (χ0v) is 9.57. The Morgan fingerprint density at radius 3 is 2.15 bits per heavy atom. The second-order valence-corrected chi connectivity index (χ2v) is 5.63. The minimum absolute atomic E-state index is 0.709. The van der Waals surface area contributed by atoms with E-state index in [0.717, 1.165) is 17.9 Å². The minimum atomic E-state index is 0.709. The van der Waals surface area contributed by atoms with E-state index in [1.807, 2.05) is 11.8 Å². The van der Waals surface area contributed by atoms with Crippen LogP contribution in [0.4, 0.5) is 0 Å². The summed E-state index contributed by atoms with van der Waals surface area (Å²) in [6.45, 7) is 2.33. The summed E-state index contributed by atoms with van der Waals surface area (Å²) in [6.07, 6.45) is 8.14. The van der Waals surface area contributed by atoms with Crippen LogP contribution in [0, 0.1) is 11.8 Å². The summed E-state index contributed by atoms with van der Waals surface area (Å²) in [5.41, 5.74) is 0. The van der Waals surface area contributed by atoms with Crippen LogP contribution < -0.4 is 5.32 Å². The molecule has 0 amide bonds. The van der Waals surface area contributed by atoms with Gasteiger partial charge in [0.05, 0.1) is 0 Å². The van der Waals surface area contributed by atoms with Gasteiger partial charge in [0.15, 0.2) is 0 Å². The maximum absolute atomic E-state index is 3.82. The molecule has 2 aliphatic rings. The number of rotatable bonds is 6. The molecule has 0 aromatic heterocycles. The van der Waals surface area contributed by atoms with Crippen LogP contribution in [0.5, 0.6) is 0 Å². The van der Waals surface area contributed by atoms with Gasteiger partial charge in [-0.1, -0.05) is 0 Å². The molecule has 2 heteroatoms. The quantitative estimate of drug-likeness (QED) is 0.705. The van der Waals surface area contributed by atoms with Crippen molar-refractivity contribution >= 4 is 11.8 Å². The first-order valence-corrected chi connectivity index (χ1v) is 6.95. The van der Waals surface area contributed by atoms with Gasteiger partial charge in [-0.25, -0.2) is 0 Å². The van der Waals surface area contributed by atoms with E-state index in [1.54, 1.807) is 0 Å². The monoisotopic (exact) mass is 199 g/mol. The Kier molecular flexibility index (Phi) is 3.20. The first kappa shape index (κ1) is 9.85. The number of hydrogen-bond donors (Lipinski definition) is 1. The Morgan fingerprint density at radius 2 is 1.77 bits per heavy atom. The van der Waals surface area contributed by atoms with Crippen LogP contribution in [-0.4, -0.2) is 24.1 Å². The molecular formula is C11H21NS. The van der Waals surface area contributed by atoms with Gasteiger partial charge < -0.3 is 5.32 Å². The van der Waals surface area contributed by atoms with Gasteiger partial charge in [-0.15, -0.1) is 0 Å². The second kappa shape index (κ2) is 4.22. The molecule has 0 bridgehead atoms. The topological polar surface area (TPSA) is 12.0 Å². The van der Waals surface area contributed by atoms with Gasteiger partial charge in [-0.2, -0.15) is 11.8 Å². The molecular weight excluding hydrogens is 178 g/mol. The van der Waals surface area contributed by atoms with Gasteiger partial charge in [0, 0.05) is 17.8 Å². The van der Waals surface area contributed by atoms with Crippen molar-refractivity contribution in [1.82, 2.24) is 5.32 Å². The number of thioether (sulfide) groups is 1. The third-order valence-electron chi connectivity index (χ3n) is 3.15. The van der Waals surface area contributed by atoms with Gasteiger partial charge in [0.2, 0.25) is 0 Å². The Balaban J connectivity index is 1.75. The van der Waals surface area contributed by atoms with Crippen LogP contribution in [0.2, 0.25) is 0 Å². The lowest BCUT2D eigenvalue weighted by atomic mass is 10.1. The fraction of sp³-hybridized carbons (Fsp3) is 1.00. The van der Waals surface area contributed by atoms with Crippen molar-refractivity contribution in [2.45, 2.75) is 44.7 Å². The van der Waals surface area contributed by atoms with Crippen molar-refractivity contribution in [3.8, 4) is 0 Å². The summed E-state index contributed by atoms with van der Waals surface area (Å²) in [5, 5.41) is 3.82. The molecule has 1 N–H and O–H groups in total. The van der Waals surface area contributed by atoms with E-state index in [-0.39, 0.29) is 0 Å². The van der Waals surface area contributed by atoms with E-state index < -0.39 is 0 Å². The number of nitrogens with one attached hydrogen (secondary N) is 1. The first-order chi connectivity index (χ1) is 6.31. The first-order valence-electron chi connectivity index (χ1n) is 5.56. The molecule has 0 aromatic carbocycles. The molecule has 0 heterocycles. The fourth-order valence-electron chi connectivity index (χ4n) is 2.19. The van der Waals surface area contributed by atoms with Crippen molar-refractivity contribution < 1.29 is 0 Å². The molecule has 1 nitrogen and oxygen atoms in total. The summed E-state index contributed by atoms with van der Waals surface area (Å²) in [5.74, 6) is 3.34. The standard InChI is InChI=1S/C11H21NS/c1-8(7-13-2)12-11(9-3-4-9)10-5-6-10/h8-12H,3-7H2,1-2H3. The molecule has 0 saturated heterocycles. The van der Waals surface area contributed by atoms with Crippen molar-refractivity contribution in [2.24, 2.45) is 11.8 Å². The Labute approximate surface area is 86.0 Å². The molecule has 2 saturated carbocycles. The molecule has 2 fully saturated rings. The van der Waals surface area contributed by atoms with Crippen LogP contribution in [-0.2, 0) is 0 Å². The van der Waals surface area contributed by atoms with Gasteiger partial charge >= 0.3 is 0 Å². The largest absolute Gasteiger partial charge is 0.310 e. The van der Waals surface area contributed by atoms with E-state index in [4.69, 9.17) is 0 Å². The van der Waals surface area contributed by atoms with E-state index in [9.17, 15) is 0 Å². The molecule has 1 unspecified atom stereocenters. The smallest absolute Gasteiger partial charge is 0.0132 e. The zero-order valence-electron chi connectivity index (χ0n) is 8.75. The lowest BCUT2D eigenvalue weighted by Crippen LogP contribution is -2.40. The highest BCUT2D eigenvalue weighted by atomic mass is 32.2. The van der Waals surface area contributed by atoms with Crippen LogP contribution in [0.1, 0.15) is 32.6 Å². The minimum Gasteiger partial charge on any atom is -0.310 e. The van der Waals surface area contributed by atoms with Gasteiger partial charge in [-0.3, -0.25) is 0 Å². The van der Waals surface area contributed by atoms with Crippen LogP contribution >= 0.6 is 11.8 Å². The van der Waals surface area contributed by atoms with Crippen molar-refractivity contribution in [3.63, 3.8) is 0 Å². The maximum Gasteiger partial charge on any atom is 0.0132 e. The highest BCUT2D eigenvalue weighted by Crippen LogP contribution is 2.44. The summed E-state index contributed by atoms with van der Waals surface area (Å²) >= 11 is 1.95. The van der Waals surface area contributed by atoms with Crippen LogP contribution in [0.3, 0.4) is 0 Å². The Hall–Kier alpha value is 0.310. The van der Waals surface area contributed by atoms with Gasteiger partial charge in [-0.05, 0) is 50.7 Å². The number of hydrogen-bond acceptors (Lipinski definition) is 2. The highest BCUT2D eigenvalue weighted by molar-refractivity contribution is 7.98. The average Bonchev–Trinajstić information content (AvgIpc) is 2.95. The predicted octanol–water partition coefficient (Wildman–Crippen LogP) is 2.52. The third kappa shape index (κ3) is 2.88. The lowest BCUT2D eigenvalue weighted by molar-refractivity contribution is 0.387. The Morgan fingerprint density at radius 1 is 1.23 bits per heavy atom. The van der Waals surface area contributed by atoms with Crippen LogP contribution in [0.25, 0.3) is 0 Å². The molecule has 0 aliphatic heterocycles. The lowest BCUT2D eigenvalue weighted by Gasteiger charge is -2.22. The summed E-state index contributed by atoms with van der Waals surface area (Å²) in [4.78, 5) is 0. The molecule has 1 atom stereocenters. The molecule has 0 spiro atoms. The third-order valence-corrected chi connectivity index (χ3v) is 3.99. The van der Waals surface area contributed by atoms with Crippen molar-refractivity contribution in [1.29, 1.82) is 0 Å². The highest BCUT2D eigenvalue weighted by Gasteiger charge is 2.41. The molecule has 76 valence electrons. The predicted molar refractivity (Wildman–Crippen MR) is 60.2 cm³/mol. The van der Waals surface area contributed by atoms with Gasteiger partial charge in [0.25, 0.3) is 0 Å².